The van der Waals surface area contributed by atoms with Crippen LogP contribution in [0.4, 0.5) is 0 Å². The van der Waals surface area contributed by atoms with Gasteiger partial charge in [-0.05, 0) is 52.6 Å². The van der Waals surface area contributed by atoms with E-state index in [1.807, 2.05) is 0 Å². The van der Waals surface area contributed by atoms with Gasteiger partial charge in [0.05, 0.1) is 0 Å². The summed E-state index contributed by atoms with van der Waals surface area (Å²) in [6, 6.07) is 0. The summed E-state index contributed by atoms with van der Waals surface area (Å²) in [5.74, 6) is 0.601. The average molecular weight is 237 g/mol. The number of likely N-dealkylation sites (N-methyl/N-ethyl adjacent to an activating group) is 1. The van der Waals surface area contributed by atoms with Gasteiger partial charge in [-0.2, -0.15) is 0 Å². The Morgan fingerprint density at radius 1 is 1.18 bits per heavy atom. The Hall–Kier alpha value is -0.560. The van der Waals surface area contributed by atoms with E-state index in [0.717, 1.165) is 19.5 Å². The van der Waals surface area contributed by atoms with Crippen LogP contribution in [0.1, 0.15) is 54.4 Å². The molecule has 0 aromatic heterocycles. The summed E-state index contributed by atoms with van der Waals surface area (Å²) in [6.07, 6.45) is 2.35. The van der Waals surface area contributed by atoms with E-state index in [4.69, 9.17) is 0 Å². The standard InChI is InChI=1S/C16H31N/c1-9-17(10-2)16(8,14(5)6)12-11-15(7)13(3)4/h15H,3,5,9-12H2,1-2,4,6-8H3. The van der Waals surface area contributed by atoms with E-state index in [2.05, 4.69) is 59.6 Å². The zero-order chi connectivity index (χ0) is 13.6. The van der Waals surface area contributed by atoms with E-state index in [9.17, 15) is 0 Å². The SMILES string of the molecule is C=C(C)C(C)CCC(C)(C(=C)C)N(CC)CC. The van der Waals surface area contributed by atoms with E-state index in [0.29, 0.717) is 5.92 Å². The zero-order valence-electron chi connectivity index (χ0n) is 12.8. The normalized spacial score (nSPS) is 16.6. The Morgan fingerprint density at radius 3 is 1.94 bits per heavy atom. The molecule has 0 heterocycles. The van der Waals surface area contributed by atoms with Gasteiger partial charge in [-0.25, -0.2) is 0 Å². The van der Waals surface area contributed by atoms with E-state index in [1.165, 1.54) is 17.6 Å². The maximum Gasteiger partial charge on any atom is 0.0387 e. The first-order valence-electron chi connectivity index (χ1n) is 6.86. The smallest absolute Gasteiger partial charge is 0.0387 e. The molecule has 2 unspecified atom stereocenters. The quantitative estimate of drug-likeness (QED) is 0.555. The second kappa shape index (κ2) is 7.00. The van der Waals surface area contributed by atoms with Crippen LogP contribution in [0, 0.1) is 5.92 Å². The molecule has 0 N–H and O–H groups in total. The highest BCUT2D eigenvalue weighted by atomic mass is 15.2. The summed E-state index contributed by atoms with van der Waals surface area (Å²) in [7, 11) is 0. The number of nitrogens with zero attached hydrogens (tertiary/aromatic N) is 1. The molecule has 1 nitrogen and oxygen atoms in total. The molecule has 0 spiro atoms. The largest absolute Gasteiger partial charge is 0.295 e. The van der Waals surface area contributed by atoms with Crippen molar-refractivity contribution in [2.45, 2.75) is 59.9 Å². The van der Waals surface area contributed by atoms with Crippen LogP contribution in [0.15, 0.2) is 24.3 Å². The molecule has 0 radical (unpaired) electrons. The van der Waals surface area contributed by atoms with E-state index < -0.39 is 0 Å². The molecular weight excluding hydrogens is 206 g/mol. The third kappa shape index (κ3) is 4.31. The van der Waals surface area contributed by atoms with Crippen LogP contribution in [0.3, 0.4) is 0 Å². The zero-order valence-corrected chi connectivity index (χ0v) is 12.8. The minimum atomic E-state index is 0.132. The van der Waals surface area contributed by atoms with Gasteiger partial charge in [-0.15, -0.1) is 0 Å². The summed E-state index contributed by atoms with van der Waals surface area (Å²) in [5.41, 5.74) is 2.69. The number of hydrogen-bond donors (Lipinski definition) is 0. The minimum absolute atomic E-state index is 0.132. The van der Waals surface area contributed by atoms with Crippen molar-refractivity contribution in [1.29, 1.82) is 0 Å². The summed E-state index contributed by atoms with van der Waals surface area (Å²) < 4.78 is 0. The van der Waals surface area contributed by atoms with Crippen LogP contribution >= 0.6 is 0 Å². The summed E-state index contributed by atoms with van der Waals surface area (Å²) in [6.45, 7) is 23.8. The van der Waals surface area contributed by atoms with Gasteiger partial charge in [0.2, 0.25) is 0 Å². The monoisotopic (exact) mass is 237 g/mol. The predicted molar refractivity (Wildman–Crippen MR) is 79.4 cm³/mol. The second-order valence-corrected chi connectivity index (χ2v) is 5.51. The molecular formula is C16H31N. The summed E-state index contributed by atoms with van der Waals surface area (Å²) >= 11 is 0. The first-order valence-corrected chi connectivity index (χ1v) is 6.86. The molecule has 0 saturated carbocycles. The minimum Gasteiger partial charge on any atom is -0.295 e. The van der Waals surface area contributed by atoms with Gasteiger partial charge >= 0.3 is 0 Å². The number of rotatable bonds is 8. The van der Waals surface area contributed by atoms with Gasteiger partial charge in [-0.3, -0.25) is 4.90 Å². The van der Waals surface area contributed by atoms with Crippen molar-refractivity contribution < 1.29 is 0 Å². The van der Waals surface area contributed by atoms with Crippen molar-refractivity contribution in [2.75, 3.05) is 13.1 Å². The lowest BCUT2D eigenvalue weighted by atomic mass is 9.83. The Morgan fingerprint density at radius 2 is 1.65 bits per heavy atom. The Kier molecular flexibility index (Phi) is 6.77. The Bertz CT molecular complexity index is 263. The Balaban J connectivity index is 4.73. The summed E-state index contributed by atoms with van der Waals surface area (Å²) in [4.78, 5) is 2.51. The van der Waals surface area contributed by atoms with Gasteiger partial charge in [0.15, 0.2) is 0 Å². The predicted octanol–water partition coefficient (Wildman–Crippen LogP) is 4.66. The number of hydrogen-bond acceptors (Lipinski definition) is 1. The second-order valence-electron chi connectivity index (χ2n) is 5.51. The van der Waals surface area contributed by atoms with Gasteiger partial charge in [-0.1, -0.05) is 45.1 Å². The van der Waals surface area contributed by atoms with Crippen molar-refractivity contribution in [1.82, 2.24) is 4.90 Å². The molecule has 100 valence electrons. The van der Waals surface area contributed by atoms with E-state index in [1.54, 1.807) is 0 Å². The van der Waals surface area contributed by atoms with Crippen LogP contribution in [0.2, 0.25) is 0 Å². The molecule has 0 fully saturated rings. The third-order valence-corrected chi connectivity index (χ3v) is 4.29. The fourth-order valence-corrected chi connectivity index (χ4v) is 2.31. The fourth-order valence-electron chi connectivity index (χ4n) is 2.31. The van der Waals surface area contributed by atoms with E-state index in [-0.39, 0.29) is 5.54 Å². The molecule has 0 aliphatic carbocycles. The fraction of sp³-hybridized carbons (Fsp3) is 0.750. The van der Waals surface area contributed by atoms with Crippen molar-refractivity contribution in [3.63, 3.8) is 0 Å². The maximum atomic E-state index is 4.20. The van der Waals surface area contributed by atoms with Gasteiger partial charge in [0.25, 0.3) is 0 Å². The topological polar surface area (TPSA) is 3.24 Å². The molecule has 1 heteroatoms. The molecule has 0 rings (SSSR count). The average Bonchev–Trinajstić information content (AvgIpc) is 2.26. The first-order chi connectivity index (χ1) is 7.79. The van der Waals surface area contributed by atoms with Crippen LogP contribution < -0.4 is 0 Å². The van der Waals surface area contributed by atoms with Crippen LogP contribution in [-0.2, 0) is 0 Å². The lowest BCUT2D eigenvalue weighted by Crippen LogP contribution is -2.47. The van der Waals surface area contributed by atoms with Crippen LogP contribution in [0.5, 0.6) is 0 Å². The molecule has 0 saturated heterocycles. The highest BCUT2D eigenvalue weighted by molar-refractivity contribution is 5.13. The maximum absolute atomic E-state index is 4.20. The van der Waals surface area contributed by atoms with E-state index >= 15 is 0 Å². The van der Waals surface area contributed by atoms with Crippen molar-refractivity contribution in [2.24, 2.45) is 5.92 Å². The molecule has 0 aromatic carbocycles. The lowest BCUT2D eigenvalue weighted by Gasteiger charge is -2.42. The van der Waals surface area contributed by atoms with Crippen molar-refractivity contribution >= 4 is 0 Å². The molecule has 0 bridgehead atoms. The molecule has 2 atom stereocenters. The van der Waals surface area contributed by atoms with Crippen LogP contribution in [-0.4, -0.2) is 23.5 Å². The molecule has 0 amide bonds. The molecule has 0 aliphatic heterocycles. The molecule has 17 heavy (non-hydrogen) atoms. The highest BCUT2D eigenvalue weighted by Crippen LogP contribution is 2.31. The van der Waals surface area contributed by atoms with Gasteiger partial charge in [0.1, 0.15) is 0 Å². The van der Waals surface area contributed by atoms with Crippen molar-refractivity contribution in [3.8, 4) is 0 Å². The van der Waals surface area contributed by atoms with Crippen LogP contribution in [0.25, 0.3) is 0 Å². The Labute approximate surface area is 109 Å². The first kappa shape index (κ1) is 16.4. The summed E-state index contributed by atoms with van der Waals surface area (Å²) in [5, 5.41) is 0. The molecule has 0 aliphatic rings. The lowest BCUT2D eigenvalue weighted by molar-refractivity contribution is 0.135. The molecule has 0 aromatic rings. The van der Waals surface area contributed by atoms with Crippen molar-refractivity contribution in [3.05, 3.63) is 24.3 Å². The number of allylic oxidation sites excluding steroid dienone is 1. The third-order valence-electron chi connectivity index (χ3n) is 4.29. The highest BCUT2D eigenvalue weighted by Gasteiger charge is 2.30. The van der Waals surface area contributed by atoms with Gasteiger partial charge < -0.3 is 0 Å². The van der Waals surface area contributed by atoms with Gasteiger partial charge in [0, 0.05) is 5.54 Å².